The van der Waals surface area contributed by atoms with Crippen molar-refractivity contribution in [3.05, 3.63) is 70.6 Å². The van der Waals surface area contributed by atoms with Gasteiger partial charge in [-0.15, -0.1) is 0 Å². The van der Waals surface area contributed by atoms with Crippen LogP contribution in [0.15, 0.2) is 59.5 Å². The summed E-state index contributed by atoms with van der Waals surface area (Å²) < 4.78 is 17.2. The second kappa shape index (κ2) is 10.4. The molecular weight excluding hydrogens is 432 g/mol. The standard InChI is InChI=1S/C23H22N2O6S/c26-21-19(32-23(28)25-21)12-15-6-8-17(9-7-15)31-20(18-13-24-10-11-29-18)22(27)30-14-16-4-2-1-3-5-16/h1-9,12,18,20,24H,10-11,13-14H2,(H,25,26,28)/t18-,20?/m0/s1. The van der Waals surface area contributed by atoms with Gasteiger partial charge in [-0.25, -0.2) is 4.79 Å². The molecule has 2 fully saturated rings. The summed E-state index contributed by atoms with van der Waals surface area (Å²) in [5.74, 6) is -0.461. The van der Waals surface area contributed by atoms with E-state index in [4.69, 9.17) is 14.2 Å². The van der Waals surface area contributed by atoms with Crippen molar-refractivity contribution in [2.45, 2.75) is 18.8 Å². The molecule has 0 bridgehead atoms. The van der Waals surface area contributed by atoms with Crippen LogP contribution in [-0.4, -0.2) is 49.0 Å². The maximum absolute atomic E-state index is 12.8. The predicted octanol–water partition coefficient (Wildman–Crippen LogP) is 2.49. The molecule has 2 aliphatic heterocycles. The quantitative estimate of drug-likeness (QED) is 0.486. The van der Waals surface area contributed by atoms with Crippen LogP contribution in [0.5, 0.6) is 5.75 Å². The number of ether oxygens (including phenoxy) is 3. The highest BCUT2D eigenvalue weighted by Crippen LogP contribution is 2.26. The monoisotopic (exact) mass is 454 g/mol. The smallest absolute Gasteiger partial charge is 0.350 e. The first-order valence-corrected chi connectivity index (χ1v) is 10.9. The average molecular weight is 455 g/mol. The van der Waals surface area contributed by atoms with Crippen LogP contribution in [-0.2, 0) is 25.7 Å². The number of imide groups is 1. The number of morpholine rings is 1. The number of carbonyl (C=O) groups excluding carboxylic acids is 3. The summed E-state index contributed by atoms with van der Waals surface area (Å²) >= 11 is 0.855. The van der Waals surface area contributed by atoms with Gasteiger partial charge in [0.15, 0.2) is 0 Å². The Morgan fingerprint density at radius 2 is 1.94 bits per heavy atom. The number of hydrogen-bond acceptors (Lipinski definition) is 8. The molecule has 2 aliphatic rings. The second-order valence-corrected chi connectivity index (χ2v) is 8.18. The van der Waals surface area contributed by atoms with Crippen LogP contribution in [0.4, 0.5) is 4.79 Å². The number of benzene rings is 2. The van der Waals surface area contributed by atoms with Gasteiger partial charge in [-0.1, -0.05) is 42.5 Å². The van der Waals surface area contributed by atoms with Gasteiger partial charge in [0.25, 0.3) is 11.1 Å². The fourth-order valence-electron chi connectivity index (χ4n) is 3.23. The molecule has 0 saturated carbocycles. The molecule has 2 aromatic carbocycles. The summed E-state index contributed by atoms with van der Waals surface area (Å²) in [6.45, 7) is 1.79. The lowest BCUT2D eigenvalue weighted by atomic mass is 10.1. The van der Waals surface area contributed by atoms with E-state index in [0.29, 0.717) is 30.4 Å². The topological polar surface area (TPSA) is 103 Å². The van der Waals surface area contributed by atoms with E-state index in [2.05, 4.69) is 10.6 Å². The van der Waals surface area contributed by atoms with Gasteiger partial charge in [-0.05, 0) is 41.1 Å². The third kappa shape index (κ3) is 5.76. The SMILES string of the molecule is O=C1NC(=O)C(=Cc2ccc(OC(C(=O)OCc3ccccc3)[C@@H]3CNCCO3)cc2)S1. The average Bonchev–Trinajstić information content (AvgIpc) is 3.14. The van der Waals surface area contributed by atoms with Crippen molar-refractivity contribution in [1.82, 2.24) is 10.6 Å². The predicted molar refractivity (Wildman–Crippen MR) is 119 cm³/mol. The van der Waals surface area contributed by atoms with Crippen LogP contribution in [0.3, 0.4) is 0 Å². The Morgan fingerprint density at radius 1 is 1.16 bits per heavy atom. The highest BCUT2D eigenvalue weighted by molar-refractivity contribution is 8.18. The minimum Gasteiger partial charge on any atom is -0.476 e. The zero-order valence-corrected chi connectivity index (χ0v) is 17.9. The number of esters is 1. The Kier molecular flexibility index (Phi) is 7.21. The summed E-state index contributed by atoms with van der Waals surface area (Å²) in [7, 11) is 0. The molecule has 32 heavy (non-hydrogen) atoms. The molecule has 0 radical (unpaired) electrons. The Labute approximate surface area is 189 Å². The van der Waals surface area contributed by atoms with Gasteiger partial charge >= 0.3 is 5.97 Å². The Hall–Kier alpha value is -3.14. The molecular formula is C23H22N2O6S. The first-order chi connectivity index (χ1) is 15.6. The molecule has 2 heterocycles. The molecule has 1 unspecified atom stereocenters. The van der Waals surface area contributed by atoms with Crippen LogP contribution >= 0.6 is 11.8 Å². The van der Waals surface area contributed by atoms with Gasteiger partial charge in [-0.3, -0.25) is 14.9 Å². The number of thioether (sulfide) groups is 1. The number of carbonyl (C=O) groups is 3. The van der Waals surface area contributed by atoms with E-state index in [9.17, 15) is 14.4 Å². The van der Waals surface area contributed by atoms with Crippen molar-refractivity contribution >= 4 is 35.0 Å². The first kappa shape index (κ1) is 22.1. The van der Waals surface area contributed by atoms with E-state index in [-0.39, 0.29) is 11.8 Å². The zero-order valence-electron chi connectivity index (χ0n) is 17.1. The maximum atomic E-state index is 12.8. The van der Waals surface area contributed by atoms with Gasteiger partial charge in [0, 0.05) is 13.1 Å². The van der Waals surface area contributed by atoms with Crippen LogP contribution < -0.4 is 15.4 Å². The molecule has 2 N–H and O–H groups in total. The zero-order chi connectivity index (χ0) is 22.3. The number of amides is 2. The Morgan fingerprint density at radius 3 is 2.59 bits per heavy atom. The minimum absolute atomic E-state index is 0.143. The van der Waals surface area contributed by atoms with Crippen molar-refractivity contribution in [1.29, 1.82) is 0 Å². The van der Waals surface area contributed by atoms with Crippen LogP contribution in [0.2, 0.25) is 0 Å². The molecule has 0 spiro atoms. The van der Waals surface area contributed by atoms with E-state index in [1.165, 1.54) is 0 Å². The van der Waals surface area contributed by atoms with Crippen LogP contribution in [0.1, 0.15) is 11.1 Å². The molecule has 4 rings (SSSR count). The van der Waals surface area contributed by atoms with Crippen molar-refractivity contribution in [2.75, 3.05) is 19.7 Å². The van der Waals surface area contributed by atoms with Gasteiger partial charge in [0.1, 0.15) is 18.5 Å². The summed E-state index contributed by atoms with van der Waals surface area (Å²) in [6.07, 6.45) is 0.192. The third-order valence-corrected chi connectivity index (χ3v) is 5.64. The molecule has 0 aromatic heterocycles. The molecule has 8 nitrogen and oxygen atoms in total. The highest BCUT2D eigenvalue weighted by atomic mass is 32.2. The summed E-state index contributed by atoms with van der Waals surface area (Å²) in [5.41, 5.74) is 1.61. The maximum Gasteiger partial charge on any atom is 0.350 e. The summed E-state index contributed by atoms with van der Waals surface area (Å²) in [6, 6.07) is 16.3. The molecule has 2 atom stereocenters. The lowest BCUT2D eigenvalue weighted by Crippen LogP contribution is -2.51. The normalized spacial score (nSPS) is 20.6. The van der Waals surface area contributed by atoms with E-state index in [1.54, 1.807) is 30.3 Å². The van der Waals surface area contributed by atoms with Crippen LogP contribution in [0.25, 0.3) is 6.08 Å². The van der Waals surface area contributed by atoms with Gasteiger partial charge in [0.2, 0.25) is 6.10 Å². The molecule has 2 saturated heterocycles. The van der Waals surface area contributed by atoms with Gasteiger partial charge in [0.05, 0.1) is 11.5 Å². The van der Waals surface area contributed by atoms with E-state index in [1.807, 2.05) is 30.3 Å². The first-order valence-electron chi connectivity index (χ1n) is 10.1. The molecule has 166 valence electrons. The molecule has 9 heteroatoms. The minimum atomic E-state index is -0.940. The van der Waals surface area contributed by atoms with Crippen LogP contribution in [0, 0.1) is 0 Å². The lowest BCUT2D eigenvalue weighted by Gasteiger charge is -2.30. The largest absolute Gasteiger partial charge is 0.476 e. The third-order valence-electron chi connectivity index (χ3n) is 4.83. The number of hydrogen-bond donors (Lipinski definition) is 2. The molecule has 2 aromatic rings. The van der Waals surface area contributed by atoms with Crippen molar-refractivity contribution < 1.29 is 28.6 Å². The number of rotatable bonds is 7. The van der Waals surface area contributed by atoms with E-state index >= 15 is 0 Å². The molecule has 2 amide bonds. The lowest BCUT2D eigenvalue weighted by molar-refractivity contribution is -0.162. The highest BCUT2D eigenvalue weighted by Gasteiger charge is 2.34. The summed E-state index contributed by atoms with van der Waals surface area (Å²) in [5, 5.41) is 5.03. The van der Waals surface area contributed by atoms with Gasteiger partial charge < -0.3 is 19.5 Å². The Balaban J connectivity index is 1.44. The molecule has 0 aliphatic carbocycles. The fourth-order valence-corrected chi connectivity index (χ4v) is 3.91. The van der Waals surface area contributed by atoms with E-state index in [0.717, 1.165) is 22.9 Å². The van der Waals surface area contributed by atoms with Crippen molar-refractivity contribution in [2.24, 2.45) is 0 Å². The Bertz CT molecular complexity index is 1000. The van der Waals surface area contributed by atoms with E-state index < -0.39 is 24.1 Å². The second-order valence-electron chi connectivity index (χ2n) is 7.17. The van der Waals surface area contributed by atoms with Crippen molar-refractivity contribution in [3.63, 3.8) is 0 Å². The summed E-state index contributed by atoms with van der Waals surface area (Å²) in [4.78, 5) is 36.2. The van der Waals surface area contributed by atoms with Crippen molar-refractivity contribution in [3.8, 4) is 5.75 Å². The van der Waals surface area contributed by atoms with Gasteiger partial charge in [-0.2, -0.15) is 0 Å². The number of nitrogens with one attached hydrogen (secondary N) is 2. The fraction of sp³-hybridized carbons (Fsp3) is 0.261.